The highest BCUT2D eigenvalue weighted by Crippen LogP contribution is 2.35. The van der Waals surface area contributed by atoms with Crippen molar-refractivity contribution in [3.05, 3.63) is 29.6 Å². The van der Waals surface area contributed by atoms with Gasteiger partial charge in [0, 0.05) is 0 Å². The summed E-state index contributed by atoms with van der Waals surface area (Å²) in [5, 5.41) is 11.6. The monoisotopic (exact) mass is 295 g/mol. The van der Waals surface area contributed by atoms with Crippen LogP contribution in [0.1, 0.15) is 31.4 Å². The van der Waals surface area contributed by atoms with Gasteiger partial charge in [0.15, 0.2) is 0 Å². The Hall–Kier alpha value is -2.11. The molecular formula is C15H18FNO4. The van der Waals surface area contributed by atoms with Gasteiger partial charge in [-0.25, -0.2) is 4.39 Å². The van der Waals surface area contributed by atoms with Gasteiger partial charge in [-0.1, -0.05) is 6.07 Å². The van der Waals surface area contributed by atoms with Crippen LogP contribution in [0.5, 0.6) is 5.75 Å². The standard InChI is InChI=1S/C15H18FNO4/c1-8(13-11(16)4-3-5-12(13)21-2)17-14(18)9-6-7-10(9)15(19)20/h3-5,8-10H,6-7H2,1-2H3,(H,17,18)(H,19,20). The average molecular weight is 295 g/mol. The van der Waals surface area contributed by atoms with Crippen molar-refractivity contribution in [1.29, 1.82) is 0 Å². The Kier molecular flexibility index (Phi) is 4.45. The number of carbonyl (C=O) groups excluding carboxylic acids is 1. The molecule has 0 saturated heterocycles. The van der Waals surface area contributed by atoms with Gasteiger partial charge >= 0.3 is 5.97 Å². The first kappa shape index (κ1) is 15.3. The van der Waals surface area contributed by atoms with E-state index in [1.807, 2.05) is 0 Å². The van der Waals surface area contributed by atoms with Gasteiger partial charge in [-0.3, -0.25) is 9.59 Å². The van der Waals surface area contributed by atoms with E-state index < -0.39 is 29.7 Å². The summed E-state index contributed by atoms with van der Waals surface area (Å²) in [6.07, 6.45) is 1.05. The predicted molar refractivity (Wildman–Crippen MR) is 73.4 cm³/mol. The lowest BCUT2D eigenvalue weighted by atomic mass is 9.73. The summed E-state index contributed by atoms with van der Waals surface area (Å²) in [5.74, 6) is -2.61. The molecule has 1 aromatic rings. The molecule has 114 valence electrons. The Labute approximate surface area is 122 Å². The maximum atomic E-state index is 13.9. The van der Waals surface area contributed by atoms with Crippen molar-refractivity contribution in [2.24, 2.45) is 11.8 Å². The van der Waals surface area contributed by atoms with Crippen LogP contribution in [-0.4, -0.2) is 24.1 Å². The zero-order valence-corrected chi connectivity index (χ0v) is 11.9. The van der Waals surface area contributed by atoms with E-state index in [9.17, 15) is 14.0 Å². The highest BCUT2D eigenvalue weighted by Gasteiger charge is 2.41. The number of halogens is 1. The van der Waals surface area contributed by atoms with E-state index in [2.05, 4.69) is 5.32 Å². The lowest BCUT2D eigenvalue weighted by molar-refractivity contribution is -0.152. The van der Waals surface area contributed by atoms with Gasteiger partial charge in [0.1, 0.15) is 11.6 Å². The maximum Gasteiger partial charge on any atom is 0.307 e. The fourth-order valence-corrected chi connectivity index (χ4v) is 2.62. The van der Waals surface area contributed by atoms with Crippen LogP contribution in [0.25, 0.3) is 0 Å². The third kappa shape index (κ3) is 2.99. The highest BCUT2D eigenvalue weighted by atomic mass is 19.1. The zero-order chi connectivity index (χ0) is 15.6. The lowest BCUT2D eigenvalue weighted by Crippen LogP contribution is -2.44. The molecule has 1 fully saturated rings. The summed E-state index contributed by atoms with van der Waals surface area (Å²) in [5.41, 5.74) is 0.263. The summed E-state index contributed by atoms with van der Waals surface area (Å²) in [4.78, 5) is 23.0. The Bertz CT molecular complexity index is 561. The summed E-state index contributed by atoms with van der Waals surface area (Å²) in [7, 11) is 1.43. The van der Waals surface area contributed by atoms with Crippen molar-refractivity contribution in [1.82, 2.24) is 5.32 Å². The molecule has 2 N–H and O–H groups in total. The molecule has 0 bridgehead atoms. The number of ether oxygens (including phenoxy) is 1. The van der Waals surface area contributed by atoms with E-state index in [1.165, 1.54) is 19.2 Å². The molecule has 1 aromatic carbocycles. The smallest absolute Gasteiger partial charge is 0.307 e. The third-order valence-electron chi connectivity index (χ3n) is 3.95. The number of carbonyl (C=O) groups is 2. The van der Waals surface area contributed by atoms with E-state index in [4.69, 9.17) is 9.84 Å². The molecule has 1 aliphatic carbocycles. The van der Waals surface area contributed by atoms with Crippen molar-refractivity contribution in [2.75, 3.05) is 7.11 Å². The molecule has 0 spiro atoms. The van der Waals surface area contributed by atoms with E-state index in [0.717, 1.165) is 0 Å². The topological polar surface area (TPSA) is 75.6 Å². The van der Waals surface area contributed by atoms with E-state index in [1.54, 1.807) is 13.0 Å². The number of nitrogens with one attached hydrogen (secondary N) is 1. The number of benzene rings is 1. The molecule has 6 heteroatoms. The minimum atomic E-state index is -0.961. The number of carboxylic acid groups (broad SMARTS) is 1. The van der Waals surface area contributed by atoms with Crippen molar-refractivity contribution in [3.8, 4) is 5.75 Å². The largest absolute Gasteiger partial charge is 0.496 e. The quantitative estimate of drug-likeness (QED) is 0.872. The highest BCUT2D eigenvalue weighted by molar-refractivity contribution is 5.86. The van der Waals surface area contributed by atoms with Gasteiger partial charge in [0.25, 0.3) is 0 Å². The molecule has 0 radical (unpaired) electrons. The minimum absolute atomic E-state index is 0.263. The number of aliphatic carboxylic acids is 1. The minimum Gasteiger partial charge on any atom is -0.496 e. The zero-order valence-electron chi connectivity index (χ0n) is 11.9. The third-order valence-corrected chi connectivity index (χ3v) is 3.95. The average Bonchev–Trinajstić information content (AvgIpc) is 2.35. The first-order valence-corrected chi connectivity index (χ1v) is 6.81. The Morgan fingerprint density at radius 1 is 1.38 bits per heavy atom. The van der Waals surface area contributed by atoms with Crippen LogP contribution in [0, 0.1) is 17.7 Å². The summed E-state index contributed by atoms with van der Waals surface area (Å²) >= 11 is 0. The second kappa shape index (κ2) is 6.11. The number of methoxy groups -OCH3 is 1. The van der Waals surface area contributed by atoms with E-state index in [-0.39, 0.29) is 11.5 Å². The second-order valence-electron chi connectivity index (χ2n) is 5.21. The fraction of sp³-hybridized carbons (Fsp3) is 0.467. The van der Waals surface area contributed by atoms with Crippen molar-refractivity contribution in [3.63, 3.8) is 0 Å². The van der Waals surface area contributed by atoms with Crippen LogP contribution in [0.3, 0.4) is 0 Å². The van der Waals surface area contributed by atoms with Gasteiger partial charge in [-0.15, -0.1) is 0 Å². The summed E-state index contributed by atoms with van der Waals surface area (Å²) in [6, 6.07) is 3.84. The predicted octanol–water partition coefficient (Wildman–Crippen LogP) is 2.12. The molecule has 0 aliphatic heterocycles. The van der Waals surface area contributed by atoms with Crippen molar-refractivity contribution < 1.29 is 23.8 Å². The summed E-state index contributed by atoms with van der Waals surface area (Å²) in [6.45, 7) is 1.65. The Balaban J connectivity index is 2.10. The maximum absolute atomic E-state index is 13.9. The van der Waals surface area contributed by atoms with Gasteiger partial charge in [0.05, 0.1) is 30.6 Å². The lowest BCUT2D eigenvalue weighted by Gasteiger charge is -2.33. The molecule has 5 nitrogen and oxygen atoms in total. The number of rotatable bonds is 5. The first-order chi connectivity index (χ1) is 9.95. The van der Waals surface area contributed by atoms with E-state index >= 15 is 0 Å². The fourth-order valence-electron chi connectivity index (χ4n) is 2.62. The molecule has 0 heterocycles. The number of carboxylic acids is 1. The van der Waals surface area contributed by atoms with Gasteiger partial charge < -0.3 is 15.2 Å². The van der Waals surface area contributed by atoms with Crippen LogP contribution in [0.15, 0.2) is 18.2 Å². The van der Waals surface area contributed by atoms with Crippen LogP contribution in [-0.2, 0) is 9.59 Å². The number of amides is 1. The second-order valence-corrected chi connectivity index (χ2v) is 5.21. The van der Waals surface area contributed by atoms with Crippen LogP contribution in [0.4, 0.5) is 4.39 Å². The van der Waals surface area contributed by atoms with E-state index in [0.29, 0.717) is 18.6 Å². The number of hydrogen-bond acceptors (Lipinski definition) is 3. The van der Waals surface area contributed by atoms with Crippen molar-refractivity contribution >= 4 is 11.9 Å². The molecule has 0 aromatic heterocycles. The molecule has 3 unspecified atom stereocenters. The SMILES string of the molecule is COc1cccc(F)c1C(C)NC(=O)C1CCC1C(=O)O. The summed E-state index contributed by atoms with van der Waals surface area (Å²) < 4.78 is 19.0. The van der Waals surface area contributed by atoms with Gasteiger partial charge in [-0.05, 0) is 31.9 Å². The Morgan fingerprint density at radius 2 is 2.05 bits per heavy atom. The molecule has 21 heavy (non-hydrogen) atoms. The number of hydrogen-bond donors (Lipinski definition) is 2. The van der Waals surface area contributed by atoms with Crippen LogP contribution in [0.2, 0.25) is 0 Å². The molecule has 1 amide bonds. The van der Waals surface area contributed by atoms with Crippen LogP contribution >= 0.6 is 0 Å². The van der Waals surface area contributed by atoms with Gasteiger partial charge in [-0.2, -0.15) is 0 Å². The molecule has 1 saturated carbocycles. The molecule has 1 aliphatic rings. The normalized spacial score (nSPS) is 22.0. The molecule has 2 rings (SSSR count). The van der Waals surface area contributed by atoms with Crippen LogP contribution < -0.4 is 10.1 Å². The van der Waals surface area contributed by atoms with Crippen molar-refractivity contribution in [2.45, 2.75) is 25.8 Å². The molecule has 3 atom stereocenters. The Morgan fingerprint density at radius 3 is 2.57 bits per heavy atom. The first-order valence-electron chi connectivity index (χ1n) is 6.81. The van der Waals surface area contributed by atoms with Gasteiger partial charge in [0.2, 0.25) is 5.91 Å². The molecular weight excluding hydrogens is 277 g/mol.